The highest BCUT2D eigenvalue weighted by Gasteiger charge is 2.31. The second kappa shape index (κ2) is 5.99. The second-order valence-corrected chi connectivity index (χ2v) is 5.46. The molecule has 0 spiro atoms. The number of nitrogens with one attached hydrogen (secondary N) is 1. The molecule has 2 fully saturated rings. The summed E-state index contributed by atoms with van der Waals surface area (Å²) in [5, 5.41) is 3.67. The summed E-state index contributed by atoms with van der Waals surface area (Å²) in [4.78, 5) is 5.12. The lowest BCUT2D eigenvalue weighted by molar-refractivity contribution is 0.237. The van der Waals surface area contributed by atoms with E-state index in [-0.39, 0.29) is 0 Å². The minimum atomic E-state index is 0.758. The van der Waals surface area contributed by atoms with Gasteiger partial charge in [0.05, 0.1) is 0 Å². The summed E-state index contributed by atoms with van der Waals surface area (Å²) in [6.45, 7) is 9.67. The van der Waals surface area contributed by atoms with Crippen LogP contribution in [0.3, 0.4) is 0 Å². The van der Waals surface area contributed by atoms with Crippen LogP contribution in [-0.4, -0.2) is 62.2 Å². The SMILES string of the molecule is CCNC(CN1CCCN(C)CC1)C1CC1. The van der Waals surface area contributed by atoms with Crippen molar-refractivity contribution in [1.29, 1.82) is 0 Å². The maximum absolute atomic E-state index is 3.67. The van der Waals surface area contributed by atoms with Crippen LogP contribution in [0.2, 0.25) is 0 Å². The molecule has 94 valence electrons. The summed E-state index contributed by atoms with van der Waals surface area (Å²) in [7, 11) is 2.24. The fourth-order valence-electron chi connectivity index (χ4n) is 2.70. The van der Waals surface area contributed by atoms with E-state index in [1.165, 1.54) is 52.0 Å². The van der Waals surface area contributed by atoms with E-state index in [2.05, 4.69) is 29.1 Å². The van der Waals surface area contributed by atoms with Gasteiger partial charge < -0.3 is 15.1 Å². The van der Waals surface area contributed by atoms with Gasteiger partial charge >= 0.3 is 0 Å². The molecule has 0 amide bonds. The van der Waals surface area contributed by atoms with Crippen LogP contribution in [0.5, 0.6) is 0 Å². The highest BCUT2D eigenvalue weighted by molar-refractivity contribution is 4.88. The molecule has 3 nitrogen and oxygen atoms in total. The first-order valence-corrected chi connectivity index (χ1v) is 6.94. The molecule has 16 heavy (non-hydrogen) atoms. The van der Waals surface area contributed by atoms with Crippen LogP contribution in [-0.2, 0) is 0 Å². The van der Waals surface area contributed by atoms with E-state index in [0.29, 0.717) is 0 Å². The molecule has 0 radical (unpaired) electrons. The summed E-state index contributed by atoms with van der Waals surface area (Å²) in [5.74, 6) is 0.973. The van der Waals surface area contributed by atoms with Gasteiger partial charge in [-0.3, -0.25) is 0 Å². The van der Waals surface area contributed by atoms with Gasteiger partial charge in [-0.15, -0.1) is 0 Å². The standard InChI is InChI=1S/C13H27N3/c1-3-14-13(12-5-6-12)11-16-8-4-7-15(2)9-10-16/h12-14H,3-11H2,1-2H3. The Morgan fingerprint density at radius 2 is 2.00 bits per heavy atom. The molecule has 0 aromatic heterocycles. The Kier molecular flexibility index (Phi) is 4.62. The van der Waals surface area contributed by atoms with E-state index in [9.17, 15) is 0 Å². The number of likely N-dealkylation sites (N-methyl/N-ethyl adjacent to an activating group) is 2. The first-order chi connectivity index (χ1) is 7.79. The van der Waals surface area contributed by atoms with Gasteiger partial charge in [0.2, 0.25) is 0 Å². The topological polar surface area (TPSA) is 18.5 Å². The molecule has 0 aromatic carbocycles. The molecule has 2 aliphatic rings. The van der Waals surface area contributed by atoms with Crippen molar-refractivity contribution in [2.75, 3.05) is 46.3 Å². The third kappa shape index (κ3) is 3.72. The third-order valence-corrected chi connectivity index (χ3v) is 3.92. The molecule has 2 rings (SSSR count). The molecule has 1 aliphatic carbocycles. The largest absolute Gasteiger partial charge is 0.313 e. The normalized spacial score (nSPS) is 26.6. The Bertz CT molecular complexity index is 203. The number of hydrogen-bond donors (Lipinski definition) is 1. The highest BCUT2D eigenvalue weighted by atomic mass is 15.2. The van der Waals surface area contributed by atoms with Gasteiger partial charge in [0, 0.05) is 25.7 Å². The highest BCUT2D eigenvalue weighted by Crippen LogP contribution is 2.33. The van der Waals surface area contributed by atoms with Crippen LogP contribution >= 0.6 is 0 Å². The zero-order chi connectivity index (χ0) is 11.4. The van der Waals surface area contributed by atoms with E-state index in [4.69, 9.17) is 0 Å². The summed E-state index contributed by atoms with van der Waals surface area (Å²) < 4.78 is 0. The van der Waals surface area contributed by atoms with Crippen molar-refractivity contribution in [3.63, 3.8) is 0 Å². The Hall–Kier alpha value is -0.120. The molecule has 1 saturated heterocycles. The zero-order valence-corrected chi connectivity index (χ0v) is 10.9. The van der Waals surface area contributed by atoms with Gasteiger partial charge in [0.25, 0.3) is 0 Å². The molecular formula is C13H27N3. The number of rotatable bonds is 5. The lowest BCUT2D eigenvalue weighted by Gasteiger charge is -2.26. The first kappa shape index (κ1) is 12.3. The Morgan fingerprint density at radius 1 is 1.19 bits per heavy atom. The number of nitrogens with zero attached hydrogens (tertiary/aromatic N) is 2. The van der Waals surface area contributed by atoms with E-state index in [1.807, 2.05) is 0 Å². The fourth-order valence-corrected chi connectivity index (χ4v) is 2.70. The Balaban J connectivity index is 1.77. The van der Waals surface area contributed by atoms with Crippen LogP contribution in [0, 0.1) is 5.92 Å². The summed E-state index contributed by atoms with van der Waals surface area (Å²) in [6, 6.07) is 0.758. The van der Waals surface area contributed by atoms with E-state index in [1.54, 1.807) is 0 Å². The van der Waals surface area contributed by atoms with Crippen LogP contribution < -0.4 is 5.32 Å². The molecule has 1 unspecified atom stereocenters. The van der Waals surface area contributed by atoms with Crippen LogP contribution in [0.4, 0.5) is 0 Å². The van der Waals surface area contributed by atoms with Crippen molar-refractivity contribution < 1.29 is 0 Å². The van der Waals surface area contributed by atoms with Gasteiger partial charge in [0.1, 0.15) is 0 Å². The van der Waals surface area contributed by atoms with Crippen molar-refractivity contribution >= 4 is 0 Å². The van der Waals surface area contributed by atoms with Crippen molar-refractivity contribution in [2.45, 2.75) is 32.2 Å². The average molecular weight is 225 g/mol. The van der Waals surface area contributed by atoms with Gasteiger partial charge in [0.15, 0.2) is 0 Å². The van der Waals surface area contributed by atoms with Gasteiger partial charge in [-0.25, -0.2) is 0 Å². The van der Waals surface area contributed by atoms with Crippen LogP contribution in [0.15, 0.2) is 0 Å². The van der Waals surface area contributed by atoms with Crippen molar-refractivity contribution in [3.8, 4) is 0 Å². The maximum Gasteiger partial charge on any atom is 0.0223 e. The lowest BCUT2D eigenvalue weighted by Crippen LogP contribution is -2.43. The fraction of sp³-hybridized carbons (Fsp3) is 1.00. The molecule has 3 heteroatoms. The van der Waals surface area contributed by atoms with E-state index >= 15 is 0 Å². The lowest BCUT2D eigenvalue weighted by atomic mass is 10.1. The maximum atomic E-state index is 3.67. The summed E-state index contributed by atoms with van der Waals surface area (Å²) in [6.07, 6.45) is 4.23. The van der Waals surface area contributed by atoms with Gasteiger partial charge in [-0.2, -0.15) is 0 Å². The van der Waals surface area contributed by atoms with Crippen molar-refractivity contribution in [2.24, 2.45) is 5.92 Å². The molecule has 1 saturated carbocycles. The van der Waals surface area contributed by atoms with Crippen LogP contribution in [0.1, 0.15) is 26.2 Å². The minimum absolute atomic E-state index is 0.758. The Morgan fingerprint density at radius 3 is 2.69 bits per heavy atom. The molecule has 1 atom stereocenters. The molecule has 1 aliphatic heterocycles. The second-order valence-electron chi connectivity index (χ2n) is 5.46. The van der Waals surface area contributed by atoms with Gasteiger partial charge in [-0.1, -0.05) is 6.92 Å². The predicted molar refractivity (Wildman–Crippen MR) is 68.7 cm³/mol. The minimum Gasteiger partial charge on any atom is -0.313 e. The van der Waals surface area contributed by atoms with Crippen LogP contribution in [0.25, 0.3) is 0 Å². The summed E-state index contributed by atoms with van der Waals surface area (Å²) >= 11 is 0. The first-order valence-electron chi connectivity index (χ1n) is 6.94. The monoisotopic (exact) mass is 225 g/mol. The molecule has 0 bridgehead atoms. The molecular weight excluding hydrogens is 198 g/mol. The predicted octanol–water partition coefficient (Wildman–Crippen LogP) is 1.01. The smallest absolute Gasteiger partial charge is 0.0223 e. The van der Waals surface area contributed by atoms with Crippen molar-refractivity contribution in [1.82, 2.24) is 15.1 Å². The number of hydrogen-bond acceptors (Lipinski definition) is 3. The molecule has 0 aromatic rings. The van der Waals surface area contributed by atoms with Gasteiger partial charge in [-0.05, 0) is 51.9 Å². The van der Waals surface area contributed by atoms with Crippen molar-refractivity contribution in [3.05, 3.63) is 0 Å². The Labute approximate surface area is 100 Å². The van der Waals surface area contributed by atoms with E-state index in [0.717, 1.165) is 18.5 Å². The zero-order valence-electron chi connectivity index (χ0n) is 10.9. The molecule has 1 heterocycles. The quantitative estimate of drug-likeness (QED) is 0.753. The third-order valence-electron chi connectivity index (χ3n) is 3.92. The van der Waals surface area contributed by atoms with E-state index < -0.39 is 0 Å². The molecule has 1 N–H and O–H groups in total. The summed E-state index contributed by atoms with van der Waals surface area (Å²) in [5.41, 5.74) is 0. The average Bonchev–Trinajstić information content (AvgIpc) is 3.06.